The van der Waals surface area contributed by atoms with Gasteiger partial charge in [0.15, 0.2) is 0 Å². The van der Waals surface area contributed by atoms with E-state index in [9.17, 15) is 13.6 Å². The van der Waals surface area contributed by atoms with Gasteiger partial charge < -0.3 is 0 Å². The first kappa shape index (κ1) is 10.6. The summed E-state index contributed by atoms with van der Waals surface area (Å²) in [6.07, 6.45) is -0.0221. The van der Waals surface area contributed by atoms with E-state index in [1.807, 2.05) is 0 Å². The molecule has 3 heteroatoms. The van der Waals surface area contributed by atoms with E-state index < -0.39 is 17.3 Å². The van der Waals surface area contributed by atoms with Crippen molar-refractivity contribution in [2.24, 2.45) is 11.3 Å². The molecule has 0 saturated heterocycles. The quantitative estimate of drug-likeness (QED) is 0.621. The number of alkyl halides is 2. The van der Waals surface area contributed by atoms with Crippen molar-refractivity contribution < 1.29 is 13.6 Å². The Morgan fingerprint density at radius 2 is 1.92 bits per heavy atom. The highest BCUT2D eigenvalue weighted by Gasteiger charge is 2.44. The van der Waals surface area contributed by atoms with Crippen LogP contribution >= 0.6 is 0 Å². The SMILES string of the molecule is CC(C)(C)C(=O)[C@H]1CCC(F)(F)C1. The second-order valence-corrected chi connectivity index (χ2v) is 4.91. The first-order chi connectivity index (χ1) is 5.72. The van der Waals surface area contributed by atoms with E-state index in [2.05, 4.69) is 0 Å². The van der Waals surface area contributed by atoms with Crippen LogP contribution in [0.2, 0.25) is 0 Å². The van der Waals surface area contributed by atoms with Crippen LogP contribution in [0.5, 0.6) is 0 Å². The Hall–Kier alpha value is -0.470. The lowest BCUT2D eigenvalue weighted by molar-refractivity contribution is -0.131. The number of hydrogen-bond acceptors (Lipinski definition) is 1. The van der Waals surface area contributed by atoms with Crippen LogP contribution in [0.1, 0.15) is 40.0 Å². The number of halogens is 2. The van der Waals surface area contributed by atoms with E-state index in [1.54, 1.807) is 20.8 Å². The molecule has 1 saturated carbocycles. The monoisotopic (exact) mass is 190 g/mol. The number of Topliss-reactive ketones (excluding diaryl/α,β-unsaturated/α-hetero) is 1. The summed E-state index contributed by atoms with van der Waals surface area (Å²) >= 11 is 0. The van der Waals surface area contributed by atoms with Gasteiger partial charge in [-0.3, -0.25) is 4.79 Å². The van der Waals surface area contributed by atoms with Crippen molar-refractivity contribution >= 4 is 5.78 Å². The average molecular weight is 190 g/mol. The van der Waals surface area contributed by atoms with Crippen LogP contribution in [-0.4, -0.2) is 11.7 Å². The van der Waals surface area contributed by atoms with E-state index in [1.165, 1.54) is 0 Å². The Morgan fingerprint density at radius 3 is 2.23 bits per heavy atom. The van der Waals surface area contributed by atoms with Gasteiger partial charge in [0, 0.05) is 24.2 Å². The van der Waals surface area contributed by atoms with E-state index in [4.69, 9.17) is 0 Å². The summed E-state index contributed by atoms with van der Waals surface area (Å²) in [7, 11) is 0. The van der Waals surface area contributed by atoms with Crippen molar-refractivity contribution in [1.82, 2.24) is 0 Å². The van der Waals surface area contributed by atoms with Crippen LogP contribution in [0.25, 0.3) is 0 Å². The largest absolute Gasteiger partial charge is 0.299 e. The zero-order valence-corrected chi connectivity index (χ0v) is 8.36. The Kier molecular flexibility index (Phi) is 2.48. The van der Waals surface area contributed by atoms with Gasteiger partial charge in [-0.15, -0.1) is 0 Å². The summed E-state index contributed by atoms with van der Waals surface area (Å²) in [5.41, 5.74) is -0.481. The molecular formula is C10H16F2O. The second kappa shape index (κ2) is 3.03. The summed E-state index contributed by atoms with van der Waals surface area (Å²) in [4.78, 5) is 11.6. The van der Waals surface area contributed by atoms with Crippen LogP contribution in [0, 0.1) is 11.3 Å². The fraction of sp³-hybridized carbons (Fsp3) is 0.900. The van der Waals surface area contributed by atoms with Gasteiger partial charge in [-0.1, -0.05) is 20.8 Å². The summed E-state index contributed by atoms with van der Waals surface area (Å²) in [5.74, 6) is -3.05. The molecule has 1 nitrogen and oxygen atoms in total. The molecule has 0 bridgehead atoms. The third-order valence-electron chi connectivity index (χ3n) is 2.51. The number of ketones is 1. The molecule has 1 rings (SSSR count). The minimum absolute atomic E-state index is 0.0234. The highest BCUT2D eigenvalue weighted by Crippen LogP contribution is 2.41. The molecule has 0 heterocycles. The lowest BCUT2D eigenvalue weighted by atomic mass is 9.82. The van der Waals surface area contributed by atoms with Gasteiger partial charge in [-0.05, 0) is 6.42 Å². The number of hydrogen-bond donors (Lipinski definition) is 0. The molecule has 0 aromatic rings. The van der Waals surface area contributed by atoms with Crippen LogP contribution in [-0.2, 0) is 4.79 Å². The maximum atomic E-state index is 12.8. The minimum Gasteiger partial charge on any atom is -0.299 e. The van der Waals surface area contributed by atoms with Crippen LogP contribution in [0.3, 0.4) is 0 Å². The molecule has 0 amide bonds. The Morgan fingerprint density at radius 1 is 1.38 bits per heavy atom. The molecule has 0 aromatic carbocycles. The molecule has 13 heavy (non-hydrogen) atoms. The predicted molar refractivity (Wildman–Crippen MR) is 46.8 cm³/mol. The van der Waals surface area contributed by atoms with Crippen molar-refractivity contribution in [3.63, 3.8) is 0 Å². The fourth-order valence-electron chi connectivity index (χ4n) is 1.79. The lowest BCUT2D eigenvalue weighted by Gasteiger charge is -2.21. The predicted octanol–water partition coefficient (Wildman–Crippen LogP) is 3.04. The smallest absolute Gasteiger partial charge is 0.248 e. The molecule has 0 unspecified atom stereocenters. The third-order valence-corrected chi connectivity index (χ3v) is 2.51. The van der Waals surface area contributed by atoms with Crippen molar-refractivity contribution in [1.29, 1.82) is 0 Å². The molecule has 0 aromatic heterocycles. The van der Waals surface area contributed by atoms with Crippen molar-refractivity contribution in [3.8, 4) is 0 Å². The average Bonchev–Trinajstić information content (AvgIpc) is 2.26. The molecule has 0 aliphatic heterocycles. The zero-order chi connectivity index (χ0) is 10.3. The van der Waals surface area contributed by atoms with Crippen molar-refractivity contribution in [3.05, 3.63) is 0 Å². The maximum absolute atomic E-state index is 12.8. The second-order valence-electron chi connectivity index (χ2n) is 4.91. The molecule has 1 aliphatic rings. The topological polar surface area (TPSA) is 17.1 Å². The van der Waals surface area contributed by atoms with E-state index in [0.29, 0.717) is 6.42 Å². The molecule has 1 aliphatic carbocycles. The Bertz CT molecular complexity index is 215. The van der Waals surface area contributed by atoms with Gasteiger partial charge in [-0.2, -0.15) is 0 Å². The summed E-state index contributed by atoms with van der Waals surface area (Å²) in [5, 5.41) is 0. The number of carbonyl (C=O) groups excluding carboxylic acids is 1. The van der Waals surface area contributed by atoms with Gasteiger partial charge in [0.1, 0.15) is 5.78 Å². The summed E-state index contributed by atoms with van der Waals surface area (Å²) in [6, 6.07) is 0. The summed E-state index contributed by atoms with van der Waals surface area (Å²) < 4.78 is 25.6. The van der Waals surface area contributed by atoms with Gasteiger partial charge in [0.25, 0.3) is 0 Å². The van der Waals surface area contributed by atoms with Gasteiger partial charge in [0.2, 0.25) is 5.92 Å². The minimum atomic E-state index is -2.61. The molecule has 0 radical (unpaired) electrons. The Balaban J connectivity index is 2.62. The van der Waals surface area contributed by atoms with Gasteiger partial charge >= 0.3 is 0 Å². The summed E-state index contributed by atoms with van der Waals surface area (Å²) in [6.45, 7) is 5.35. The normalized spacial score (nSPS) is 27.6. The Labute approximate surface area is 77.5 Å². The van der Waals surface area contributed by atoms with E-state index in [-0.39, 0.29) is 18.6 Å². The highest BCUT2D eigenvalue weighted by molar-refractivity contribution is 5.86. The maximum Gasteiger partial charge on any atom is 0.248 e. The molecule has 0 spiro atoms. The van der Waals surface area contributed by atoms with Crippen molar-refractivity contribution in [2.45, 2.75) is 46.0 Å². The van der Waals surface area contributed by atoms with Crippen LogP contribution < -0.4 is 0 Å². The number of rotatable bonds is 1. The highest BCUT2D eigenvalue weighted by atomic mass is 19.3. The third kappa shape index (κ3) is 2.48. The van der Waals surface area contributed by atoms with Crippen molar-refractivity contribution in [2.75, 3.05) is 0 Å². The zero-order valence-electron chi connectivity index (χ0n) is 8.36. The lowest BCUT2D eigenvalue weighted by Crippen LogP contribution is -2.27. The molecule has 76 valence electrons. The molecular weight excluding hydrogens is 174 g/mol. The standard InChI is InChI=1S/C10H16F2O/c1-9(2,3)8(13)7-4-5-10(11,12)6-7/h7H,4-6H2,1-3H3/t7-/m0/s1. The fourth-order valence-corrected chi connectivity index (χ4v) is 1.79. The first-order valence-electron chi connectivity index (χ1n) is 4.64. The van der Waals surface area contributed by atoms with E-state index >= 15 is 0 Å². The van der Waals surface area contributed by atoms with Gasteiger partial charge in [0.05, 0.1) is 0 Å². The van der Waals surface area contributed by atoms with E-state index in [0.717, 1.165) is 0 Å². The van der Waals surface area contributed by atoms with Gasteiger partial charge in [-0.25, -0.2) is 8.78 Å². The van der Waals surface area contributed by atoms with Crippen LogP contribution in [0.15, 0.2) is 0 Å². The first-order valence-corrected chi connectivity index (χ1v) is 4.64. The molecule has 0 N–H and O–H groups in total. The molecule has 1 fully saturated rings. The number of carbonyl (C=O) groups is 1. The molecule has 1 atom stereocenters. The van der Waals surface area contributed by atoms with Crippen LogP contribution in [0.4, 0.5) is 8.78 Å².